The van der Waals surface area contributed by atoms with Gasteiger partial charge in [0, 0.05) is 24.2 Å². The van der Waals surface area contributed by atoms with Gasteiger partial charge in [-0.1, -0.05) is 12.1 Å². The number of hydrogen-bond acceptors (Lipinski definition) is 2. The third-order valence-electron chi connectivity index (χ3n) is 4.51. The van der Waals surface area contributed by atoms with Crippen LogP contribution in [0.15, 0.2) is 48.5 Å². The molecule has 0 aromatic heterocycles. The van der Waals surface area contributed by atoms with E-state index in [1.807, 2.05) is 6.07 Å². The summed E-state index contributed by atoms with van der Waals surface area (Å²) in [5, 5.41) is 11.8. The number of benzene rings is 3. The number of halogens is 3. The van der Waals surface area contributed by atoms with Gasteiger partial charge in [-0.25, -0.2) is 13.2 Å². The summed E-state index contributed by atoms with van der Waals surface area (Å²) >= 11 is 0. The SMILES string of the molecule is N#Cc1cccc(-c2cc3c(cc2-c2c(F)cc(F)cc2F)C(=O)NC3)c1. The van der Waals surface area contributed by atoms with Gasteiger partial charge in [0.15, 0.2) is 0 Å². The zero-order chi connectivity index (χ0) is 19.1. The lowest BCUT2D eigenvalue weighted by Crippen LogP contribution is -2.12. The molecule has 3 aromatic rings. The minimum Gasteiger partial charge on any atom is -0.348 e. The summed E-state index contributed by atoms with van der Waals surface area (Å²) in [7, 11) is 0. The standard InChI is InChI=1S/C21H11F3N2O/c22-14-6-18(23)20(19(24)7-14)17-8-16-13(10-26-21(16)27)5-15(17)12-3-1-2-11(4-12)9-25/h1-8H,10H2,(H,26,27). The van der Waals surface area contributed by atoms with Gasteiger partial charge in [0.05, 0.1) is 17.2 Å². The zero-order valence-corrected chi connectivity index (χ0v) is 13.8. The molecule has 4 rings (SSSR count). The summed E-state index contributed by atoms with van der Waals surface area (Å²) in [6.45, 7) is 0.299. The molecule has 3 aromatic carbocycles. The molecule has 1 N–H and O–H groups in total. The first-order chi connectivity index (χ1) is 13.0. The highest BCUT2D eigenvalue weighted by Crippen LogP contribution is 2.38. The molecule has 0 aliphatic carbocycles. The largest absolute Gasteiger partial charge is 0.348 e. The van der Waals surface area contributed by atoms with Crippen LogP contribution in [-0.4, -0.2) is 5.91 Å². The summed E-state index contributed by atoms with van der Waals surface area (Å²) in [4.78, 5) is 12.0. The summed E-state index contributed by atoms with van der Waals surface area (Å²) in [5.74, 6) is -3.50. The first-order valence-electron chi connectivity index (χ1n) is 8.08. The third-order valence-corrected chi connectivity index (χ3v) is 4.51. The lowest BCUT2D eigenvalue weighted by Gasteiger charge is -2.14. The molecular weight excluding hydrogens is 353 g/mol. The van der Waals surface area contributed by atoms with E-state index >= 15 is 0 Å². The minimum atomic E-state index is -1.07. The minimum absolute atomic E-state index is 0.121. The molecule has 27 heavy (non-hydrogen) atoms. The second-order valence-electron chi connectivity index (χ2n) is 6.17. The number of hydrogen-bond donors (Lipinski definition) is 1. The Balaban J connectivity index is 2.05. The van der Waals surface area contributed by atoms with E-state index in [0.717, 1.165) is 0 Å². The maximum Gasteiger partial charge on any atom is 0.251 e. The topological polar surface area (TPSA) is 52.9 Å². The van der Waals surface area contributed by atoms with E-state index in [9.17, 15) is 18.0 Å². The van der Waals surface area contributed by atoms with E-state index in [1.165, 1.54) is 6.07 Å². The lowest BCUT2D eigenvalue weighted by atomic mass is 9.89. The van der Waals surface area contributed by atoms with Crippen LogP contribution >= 0.6 is 0 Å². The van der Waals surface area contributed by atoms with Gasteiger partial charge < -0.3 is 5.32 Å². The molecular formula is C21H11F3N2O. The Hall–Kier alpha value is -3.59. The van der Waals surface area contributed by atoms with Gasteiger partial charge in [-0.3, -0.25) is 4.79 Å². The van der Waals surface area contributed by atoms with Gasteiger partial charge >= 0.3 is 0 Å². The molecule has 1 amide bonds. The first kappa shape index (κ1) is 16.9. The number of carbonyl (C=O) groups excluding carboxylic acids is 1. The Labute approximate surface area is 152 Å². The maximum atomic E-state index is 14.5. The molecule has 3 nitrogen and oxygen atoms in total. The second-order valence-corrected chi connectivity index (χ2v) is 6.17. The number of fused-ring (bicyclic) bond motifs is 1. The van der Waals surface area contributed by atoms with Crippen LogP contribution in [0.3, 0.4) is 0 Å². The van der Waals surface area contributed by atoms with Crippen LogP contribution in [0.25, 0.3) is 22.3 Å². The zero-order valence-electron chi connectivity index (χ0n) is 13.8. The molecule has 0 spiro atoms. The van der Waals surface area contributed by atoms with Crippen molar-refractivity contribution in [1.29, 1.82) is 5.26 Å². The van der Waals surface area contributed by atoms with Gasteiger partial charge in [-0.15, -0.1) is 0 Å². The molecule has 1 aliphatic rings. The van der Waals surface area contributed by atoms with E-state index in [0.29, 0.717) is 46.5 Å². The van der Waals surface area contributed by atoms with Crippen molar-refractivity contribution in [3.8, 4) is 28.3 Å². The monoisotopic (exact) mass is 364 g/mol. The predicted octanol–water partition coefficient (Wildman–Crippen LogP) is 4.55. The van der Waals surface area contributed by atoms with Gasteiger partial charge in [0.25, 0.3) is 5.91 Å². The van der Waals surface area contributed by atoms with E-state index in [2.05, 4.69) is 5.32 Å². The fourth-order valence-electron chi connectivity index (χ4n) is 3.27. The molecule has 1 heterocycles. The predicted molar refractivity (Wildman–Crippen MR) is 93.1 cm³/mol. The average molecular weight is 364 g/mol. The van der Waals surface area contributed by atoms with Crippen LogP contribution in [0.4, 0.5) is 13.2 Å². The second kappa shape index (κ2) is 6.29. The van der Waals surface area contributed by atoms with E-state index in [4.69, 9.17) is 5.26 Å². The van der Waals surface area contributed by atoms with E-state index in [-0.39, 0.29) is 11.5 Å². The van der Waals surface area contributed by atoms with Crippen molar-refractivity contribution in [2.24, 2.45) is 0 Å². The average Bonchev–Trinajstić information content (AvgIpc) is 3.00. The Kier molecular flexibility index (Phi) is 3.93. The van der Waals surface area contributed by atoms with Crippen LogP contribution in [0.5, 0.6) is 0 Å². The van der Waals surface area contributed by atoms with Gasteiger partial charge in [-0.2, -0.15) is 5.26 Å². The summed E-state index contributed by atoms with van der Waals surface area (Å²) < 4.78 is 42.3. The Bertz CT molecular complexity index is 1130. The van der Waals surface area contributed by atoms with E-state index < -0.39 is 23.0 Å². The highest BCUT2D eigenvalue weighted by Gasteiger charge is 2.25. The normalized spacial score (nSPS) is 12.4. The fourth-order valence-corrected chi connectivity index (χ4v) is 3.27. The van der Waals surface area contributed by atoms with Crippen LogP contribution in [0.2, 0.25) is 0 Å². The highest BCUT2D eigenvalue weighted by molar-refractivity contribution is 6.01. The van der Waals surface area contributed by atoms with Crippen molar-refractivity contribution in [3.05, 3.63) is 82.7 Å². The van der Waals surface area contributed by atoms with E-state index in [1.54, 1.807) is 30.3 Å². The highest BCUT2D eigenvalue weighted by atomic mass is 19.1. The third kappa shape index (κ3) is 2.83. The van der Waals surface area contributed by atoms with Crippen molar-refractivity contribution < 1.29 is 18.0 Å². The maximum absolute atomic E-state index is 14.5. The Morgan fingerprint density at radius 3 is 2.37 bits per heavy atom. The number of nitrogens with zero attached hydrogens (tertiary/aromatic N) is 1. The quantitative estimate of drug-likeness (QED) is 0.725. The van der Waals surface area contributed by atoms with Crippen molar-refractivity contribution in [1.82, 2.24) is 5.32 Å². The van der Waals surface area contributed by atoms with Gasteiger partial charge in [0.2, 0.25) is 0 Å². The Morgan fingerprint density at radius 2 is 1.67 bits per heavy atom. The summed E-state index contributed by atoms with van der Waals surface area (Å²) in [6.07, 6.45) is 0. The first-order valence-corrected chi connectivity index (χ1v) is 8.08. The van der Waals surface area contributed by atoms with Gasteiger partial charge in [0.1, 0.15) is 17.5 Å². The molecule has 0 saturated heterocycles. The Morgan fingerprint density at radius 1 is 0.926 bits per heavy atom. The number of carbonyl (C=O) groups is 1. The molecule has 6 heteroatoms. The van der Waals surface area contributed by atoms with Crippen molar-refractivity contribution in [3.63, 3.8) is 0 Å². The van der Waals surface area contributed by atoms with Crippen molar-refractivity contribution in [2.75, 3.05) is 0 Å². The number of amides is 1. The van der Waals surface area contributed by atoms with Crippen LogP contribution in [0.1, 0.15) is 21.5 Å². The molecule has 0 saturated carbocycles. The number of nitriles is 1. The van der Waals surface area contributed by atoms with Crippen LogP contribution in [-0.2, 0) is 6.54 Å². The van der Waals surface area contributed by atoms with Crippen LogP contribution in [0, 0.1) is 28.8 Å². The smallest absolute Gasteiger partial charge is 0.251 e. The fraction of sp³-hybridized carbons (Fsp3) is 0.0476. The summed E-state index contributed by atoms with van der Waals surface area (Å²) in [6, 6.07) is 12.9. The molecule has 0 radical (unpaired) electrons. The van der Waals surface area contributed by atoms with Crippen molar-refractivity contribution in [2.45, 2.75) is 6.54 Å². The van der Waals surface area contributed by atoms with Crippen molar-refractivity contribution >= 4 is 5.91 Å². The molecule has 0 bridgehead atoms. The summed E-state index contributed by atoms with van der Waals surface area (Å²) in [5.41, 5.74) is 2.10. The number of rotatable bonds is 2. The number of nitrogens with one attached hydrogen (secondary N) is 1. The molecule has 0 atom stereocenters. The lowest BCUT2D eigenvalue weighted by molar-refractivity contribution is 0.0965. The van der Waals surface area contributed by atoms with Gasteiger partial charge in [-0.05, 0) is 46.5 Å². The van der Waals surface area contributed by atoms with Crippen LogP contribution < -0.4 is 5.32 Å². The molecule has 0 unspecified atom stereocenters. The molecule has 0 fully saturated rings. The molecule has 1 aliphatic heterocycles. The molecule has 132 valence electrons.